The Morgan fingerprint density at radius 1 is 1.47 bits per heavy atom. The summed E-state index contributed by atoms with van der Waals surface area (Å²) in [6.45, 7) is 1.80. The fourth-order valence-corrected chi connectivity index (χ4v) is 1.64. The lowest BCUT2D eigenvalue weighted by Gasteiger charge is -2.28. The first kappa shape index (κ1) is 15.5. The van der Waals surface area contributed by atoms with E-state index in [4.69, 9.17) is 11.6 Å². The van der Waals surface area contributed by atoms with E-state index in [0.717, 1.165) is 17.0 Å². The van der Waals surface area contributed by atoms with Crippen molar-refractivity contribution in [1.29, 1.82) is 0 Å². The molecule has 0 N–H and O–H groups in total. The minimum Gasteiger partial charge on any atom is -0.345 e. The van der Waals surface area contributed by atoms with Crippen LogP contribution in [0.4, 0.5) is 24.7 Å². The number of anilines is 1. The molecule has 0 aliphatic heterocycles. The maximum atomic E-state index is 12.5. The number of hydrogen-bond acceptors (Lipinski definition) is 4. The lowest BCUT2D eigenvalue weighted by atomic mass is 10.3. The molecule has 1 aromatic rings. The van der Waals surface area contributed by atoms with E-state index in [0.29, 0.717) is 0 Å². The van der Waals surface area contributed by atoms with Gasteiger partial charge in [-0.2, -0.15) is 13.2 Å². The molecule has 0 aliphatic carbocycles. The number of halogens is 4. The van der Waals surface area contributed by atoms with Crippen molar-refractivity contribution in [3.63, 3.8) is 0 Å². The smallest absolute Gasteiger partial charge is 0.345 e. The summed E-state index contributed by atoms with van der Waals surface area (Å²) < 4.78 is 37.4. The molecule has 19 heavy (non-hydrogen) atoms. The van der Waals surface area contributed by atoms with Gasteiger partial charge < -0.3 is 4.90 Å². The number of alkyl halides is 3. The first-order valence-electron chi connectivity index (χ1n) is 5.25. The molecule has 0 aliphatic rings. The zero-order valence-corrected chi connectivity index (χ0v) is 10.9. The SMILES string of the molecule is CC(C)N(CC(F)(F)F)c1cc([N+](=O)[O-])cc(Cl)n1. The maximum Gasteiger partial charge on any atom is 0.405 e. The van der Waals surface area contributed by atoms with Gasteiger partial charge in [0.1, 0.15) is 17.5 Å². The lowest BCUT2D eigenvalue weighted by molar-refractivity contribution is -0.384. The van der Waals surface area contributed by atoms with Gasteiger partial charge in [0.15, 0.2) is 0 Å². The number of rotatable bonds is 4. The highest BCUT2D eigenvalue weighted by atomic mass is 35.5. The average Bonchev–Trinajstić information content (AvgIpc) is 2.23. The molecule has 0 saturated carbocycles. The van der Waals surface area contributed by atoms with Crippen molar-refractivity contribution >= 4 is 23.1 Å². The highest BCUT2D eigenvalue weighted by Crippen LogP contribution is 2.27. The Hall–Kier alpha value is -1.57. The normalized spacial score (nSPS) is 11.7. The van der Waals surface area contributed by atoms with Gasteiger partial charge in [-0.1, -0.05) is 11.6 Å². The number of aromatic nitrogens is 1. The molecule has 0 saturated heterocycles. The quantitative estimate of drug-likeness (QED) is 0.485. The van der Waals surface area contributed by atoms with Crippen molar-refractivity contribution in [2.45, 2.75) is 26.1 Å². The van der Waals surface area contributed by atoms with Crippen molar-refractivity contribution in [1.82, 2.24) is 4.98 Å². The second kappa shape index (κ2) is 5.60. The molecule has 0 spiro atoms. The van der Waals surface area contributed by atoms with Gasteiger partial charge in [0.05, 0.1) is 17.1 Å². The van der Waals surface area contributed by atoms with Crippen LogP contribution in [0.5, 0.6) is 0 Å². The van der Waals surface area contributed by atoms with E-state index in [-0.39, 0.29) is 11.0 Å². The standard InChI is InChI=1S/C10H11ClF3N3O2/c1-6(2)16(5-10(12,13)14)9-4-7(17(18)19)3-8(11)15-9/h3-4,6H,5H2,1-2H3. The zero-order valence-electron chi connectivity index (χ0n) is 10.1. The first-order chi connectivity index (χ1) is 8.60. The van der Waals surface area contributed by atoms with Crippen molar-refractivity contribution in [3.05, 3.63) is 27.4 Å². The number of nitrogens with zero attached hydrogens (tertiary/aromatic N) is 3. The summed E-state index contributed by atoms with van der Waals surface area (Å²) in [5.41, 5.74) is -0.400. The maximum absolute atomic E-state index is 12.5. The van der Waals surface area contributed by atoms with Crippen molar-refractivity contribution in [3.8, 4) is 0 Å². The summed E-state index contributed by atoms with van der Waals surface area (Å²) >= 11 is 5.59. The summed E-state index contributed by atoms with van der Waals surface area (Å²) in [6.07, 6.45) is -4.44. The van der Waals surface area contributed by atoms with Gasteiger partial charge in [-0.25, -0.2) is 4.98 Å². The van der Waals surface area contributed by atoms with E-state index in [1.54, 1.807) is 0 Å². The number of nitro groups is 1. The largest absolute Gasteiger partial charge is 0.405 e. The van der Waals surface area contributed by atoms with E-state index in [9.17, 15) is 23.3 Å². The van der Waals surface area contributed by atoms with Gasteiger partial charge in [0.2, 0.25) is 0 Å². The molecule has 1 rings (SSSR count). The predicted octanol–water partition coefficient (Wildman–Crippen LogP) is 3.42. The van der Waals surface area contributed by atoms with Crippen LogP contribution < -0.4 is 4.90 Å². The van der Waals surface area contributed by atoms with Crippen LogP contribution >= 0.6 is 11.6 Å². The molecule has 0 fully saturated rings. The highest BCUT2D eigenvalue weighted by Gasteiger charge is 2.33. The Morgan fingerprint density at radius 3 is 2.47 bits per heavy atom. The second-order valence-corrected chi connectivity index (χ2v) is 4.49. The van der Waals surface area contributed by atoms with Crippen molar-refractivity contribution in [2.75, 3.05) is 11.4 Å². The van der Waals surface area contributed by atoms with Gasteiger partial charge in [0.25, 0.3) is 5.69 Å². The van der Waals surface area contributed by atoms with Gasteiger partial charge >= 0.3 is 6.18 Å². The molecule has 0 amide bonds. The van der Waals surface area contributed by atoms with Crippen LogP contribution in [-0.4, -0.2) is 28.7 Å². The number of hydrogen-bond donors (Lipinski definition) is 0. The van der Waals surface area contributed by atoms with Crippen LogP contribution in [0.1, 0.15) is 13.8 Å². The van der Waals surface area contributed by atoms with E-state index >= 15 is 0 Å². The third-order valence-electron chi connectivity index (χ3n) is 2.24. The molecular formula is C10H11ClF3N3O2. The lowest BCUT2D eigenvalue weighted by Crippen LogP contribution is -2.39. The van der Waals surface area contributed by atoms with Gasteiger partial charge in [-0.3, -0.25) is 10.1 Å². The summed E-state index contributed by atoms with van der Waals surface area (Å²) in [6, 6.07) is 1.42. The molecule has 5 nitrogen and oxygen atoms in total. The van der Waals surface area contributed by atoms with Crippen LogP contribution in [0.3, 0.4) is 0 Å². The highest BCUT2D eigenvalue weighted by molar-refractivity contribution is 6.29. The second-order valence-electron chi connectivity index (χ2n) is 4.10. The molecule has 0 unspecified atom stereocenters. The van der Waals surface area contributed by atoms with Crippen LogP contribution in [-0.2, 0) is 0 Å². The average molecular weight is 298 g/mol. The minimum atomic E-state index is -4.44. The van der Waals surface area contributed by atoms with E-state index in [2.05, 4.69) is 4.98 Å². The number of pyridine rings is 1. The van der Waals surface area contributed by atoms with E-state index < -0.39 is 29.4 Å². The topological polar surface area (TPSA) is 59.3 Å². The van der Waals surface area contributed by atoms with Crippen LogP contribution in [0.25, 0.3) is 0 Å². The predicted molar refractivity (Wildman–Crippen MR) is 64.4 cm³/mol. The van der Waals surface area contributed by atoms with Gasteiger partial charge in [-0.15, -0.1) is 0 Å². The Kier molecular flexibility index (Phi) is 4.56. The summed E-state index contributed by atoms with van der Waals surface area (Å²) in [5.74, 6) is -0.175. The van der Waals surface area contributed by atoms with E-state index in [1.165, 1.54) is 13.8 Å². The van der Waals surface area contributed by atoms with Gasteiger partial charge in [-0.05, 0) is 13.8 Å². The Labute approximate surface area is 112 Å². The third-order valence-corrected chi connectivity index (χ3v) is 2.44. The summed E-state index contributed by atoms with van der Waals surface area (Å²) in [5, 5.41) is 10.4. The Morgan fingerprint density at radius 2 is 2.05 bits per heavy atom. The fourth-order valence-electron chi connectivity index (χ4n) is 1.44. The third kappa shape index (κ3) is 4.55. The zero-order chi connectivity index (χ0) is 14.8. The molecule has 0 bridgehead atoms. The molecule has 0 atom stereocenters. The fraction of sp³-hybridized carbons (Fsp3) is 0.500. The summed E-state index contributed by atoms with van der Waals surface area (Å²) in [4.78, 5) is 14.5. The monoisotopic (exact) mass is 297 g/mol. The van der Waals surface area contributed by atoms with E-state index in [1.807, 2.05) is 0 Å². The van der Waals surface area contributed by atoms with Crippen LogP contribution in [0.2, 0.25) is 5.15 Å². The molecule has 1 heterocycles. The molecule has 1 aromatic heterocycles. The van der Waals surface area contributed by atoms with Crippen molar-refractivity contribution < 1.29 is 18.1 Å². The molecule has 0 radical (unpaired) electrons. The van der Waals surface area contributed by atoms with Gasteiger partial charge in [0, 0.05) is 6.04 Å². The minimum absolute atomic E-state index is 0.175. The molecule has 106 valence electrons. The first-order valence-corrected chi connectivity index (χ1v) is 5.63. The van der Waals surface area contributed by atoms with Crippen LogP contribution in [0, 0.1) is 10.1 Å². The van der Waals surface area contributed by atoms with Crippen LogP contribution in [0.15, 0.2) is 12.1 Å². The Balaban J connectivity index is 3.19. The molecular weight excluding hydrogens is 287 g/mol. The molecule has 9 heteroatoms. The summed E-state index contributed by atoms with van der Waals surface area (Å²) in [7, 11) is 0. The van der Waals surface area contributed by atoms with Crippen molar-refractivity contribution in [2.24, 2.45) is 0 Å². The Bertz CT molecular complexity index is 480. The molecule has 0 aromatic carbocycles.